The Hall–Kier alpha value is -0.870. The second kappa shape index (κ2) is 6.06. The summed E-state index contributed by atoms with van der Waals surface area (Å²) in [6, 6.07) is 0.815. The molecule has 2 rings (SSSR count). The standard InChI is InChI=1S/C15H27N3O/c1-5-15(6-2)11-13(7-10-19-15)17-12(3)14-16-8-9-18(14)4/h8-9,12-13,17H,5-7,10-11H2,1-4H3. The van der Waals surface area contributed by atoms with Crippen molar-refractivity contribution in [2.75, 3.05) is 6.61 Å². The van der Waals surface area contributed by atoms with Crippen LogP contribution in [0.4, 0.5) is 0 Å². The topological polar surface area (TPSA) is 39.1 Å². The summed E-state index contributed by atoms with van der Waals surface area (Å²) in [6.07, 6.45) is 8.25. The molecule has 0 aromatic carbocycles. The Morgan fingerprint density at radius 2 is 2.26 bits per heavy atom. The fraction of sp³-hybridized carbons (Fsp3) is 0.800. The number of hydrogen-bond donors (Lipinski definition) is 1. The molecule has 2 unspecified atom stereocenters. The maximum absolute atomic E-state index is 6.03. The van der Waals surface area contributed by atoms with E-state index >= 15 is 0 Å². The van der Waals surface area contributed by atoms with E-state index in [0.717, 1.165) is 38.1 Å². The first-order valence-corrected chi connectivity index (χ1v) is 7.47. The Bertz CT molecular complexity index is 398. The van der Waals surface area contributed by atoms with Gasteiger partial charge < -0.3 is 14.6 Å². The number of nitrogens with zero attached hydrogens (tertiary/aromatic N) is 2. The van der Waals surface area contributed by atoms with Crippen molar-refractivity contribution in [1.82, 2.24) is 14.9 Å². The highest BCUT2D eigenvalue weighted by Crippen LogP contribution is 2.32. The highest BCUT2D eigenvalue weighted by molar-refractivity contribution is 4.99. The third kappa shape index (κ3) is 3.18. The zero-order valence-electron chi connectivity index (χ0n) is 12.6. The van der Waals surface area contributed by atoms with Gasteiger partial charge in [0.1, 0.15) is 5.82 Å². The average Bonchev–Trinajstić information content (AvgIpc) is 2.85. The summed E-state index contributed by atoms with van der Waals surface area (Å²) in [5.74, 6) is 1.10. The van der Waals surface area contributed by atoms with Gasteiger partial charge >= 0.3 is 0 Å². The molecule has 0 spiro atoms. The molecule has 2 heterocycles. The molecule has 0 bridgehead atoms. The molecule has 0 saturated carbocycles. The van der Waals surface area contributed by atoms with Crippen molar-refractivity contribution < 1.29 is 4.74 Å². The lowest BCUT2D eigenvalue weighted by atomic mass is 9.85. The Labute approximate surface area is 116 Å². The zero-order valence-corrected chi connectivity index (χ0v) is 12.6. The fourth-order valence-electron chi connectivity index (χ4n) is 3.14. The van der Waals surface area contributed by atoms with Crippen LogP contribution in [0.1, 0.15) is 58.3 Å². The minimum absolute atomic E-state index is 0.0806. The van der Waals surface area contributed by atoms with Gasteiger partial charge in [0.25, 0.3) is 0 Å². The molecule has 1 aromatic rings. The number of ether oxygens (including phenoxy) is 1. The van der Waals surface area contributed by atoms with Crippen LogP contribution in [0.25, 0.3) is 0 Å². The molecule has 1 saturated heterocycles. The first kappa shape index (κ1) is 14.5. The van der Waals surface area contributed by atoms with Gasteiger partial charge in [-0.3, -0.25) is 0 Å². The molecule has 0 radical (unpaired) electrons. The zero-order chi connectivity index (χ0) is 13.9. The molecule has 4 nitrogen and oxygen atoms in total. The predicted molar refractivity (Wildman–Crippen MR) is 77.0 cm³/mol. The number of aromatic nitrogens is 2. The molecule has 0 amide bonds. The quantitative estimate of drug-likeness (QED) is 0.890. The normalized spacial score (nSPS) is 24.3. The molecule has 2 atom stereocenters. The lowest BCUT2D eigenvalue weighted by Crippen LogP contribution is -2.47. The fourth-order valence-corrected chi connectivity index (χ4v) is 3.14. The van der Waals surface area contributed by atoms with Gasteiger partial charge in [-0.2, -0.15) is 0 Å². The lowest BCUT2D eigenvalue weighted by Gasteiger charge is -2.41. The summed E-state index contributed by atoms with van der Waals surface area (Å²) in [4.78, 5) is 4.43. The lowest BCUT2D eigenvalue weighted by molar-refractivity contribution is -0.0940. The number of hydrogen-bond acceptors (Lipinski definition) is 3. The van der Waals surface area contributed by atoms with Gasteiger partial charge in [0, 0.05) is 32.1 Å². The van der Waals surface area contributed by atoms with Crippen molar-refractivity contribution in [1.29, 1.82) is 0 Å². The second-order valence-corrected chi connectivity index (χ2v) is 5.71. The molecule has 0 aliphatic carbocycles. The molecule has 1 fully saturated rings. The molecular weight excluding hydrogens is 238 g/mol. The maximum atomic E-state index is 6.03. The van der Waals surface area contributed by atoms with Gasteiger partial charge in [0.05, 0.1) is 11.6 Å². The summed E-state index contributed by atoms with van der Waals surface area (Å²) < 4.78 is 8.12. The Balaban J connectivity index is 1.97. The smallest absolute Gasteiger partial charge is 0.125 e. The van der Waals surface area contributed by atoms with Crippen LogP contribution in [0.5, 0.6) is 0 Å². The van der Waals surface area contributed by atoms with Crippen LogP contribution in [0, 0.1) is 0 Å². The molecular formula is C15H27N3O. The monoisotopic (exact) mass is 265 g/mol. The van der Waals surface area contributed by atoms with Gasteiger partial charge in [0.15, 0.2) is 0 Å². The van der Waals surface area contributed by atoms with E-state index in [1.807, 2.05) is 19.4 Å². The first-order chi connectivity index (χ1) is 9.10. The molecule has 1 aliphatic heterocycles. The van der Waals surface area contributed by atoms with Crippen molar-refractivity contribution in [2.45, 2.75) is 64.1 Å². The average molecular weight is 265 g/mol. The first-order valence-electron chi connectivity index (χ1n) is 7.47. The van der Waals surface area contributed by atoms with Crippen LogP contribution in [0.3, 0.4) is 0 Å². The van der Waals surface area contributed by atoms with Crippen molar-refractivity contribution in [3.63, 3.8) is 0 Å². The highest BCUT2D eigenvalue weighted by atomic mass is 16.5. The Kier molecular flexibility index (Phi) is 4.63. The molecule has 1 N–H and O–H groups in total. The van der Waals surface area contributed by atoms with E-state index in [1.165, 1.54) is 0 Å². The van der Waals surface area contributed by atoms with Gasteiger partial charge in [-0.1, -0.05) is 13.8 Å². The van der Waals surface area contributed by atoms with Crippen LogP contribution in [0.2, 0.25) is 0 Å². The van der Waals surface area contributed by atoms with E-state index in [0.29, 0.717) is 6.04 Å². The van der Waals surface area contributed by atoms with Crippen molar-refractivity contribution in [3.05, 3.63) is 18.2 Å². The largest absolute Gasteiger partial charge is 0.375 e. The Morgan fingerprint density at radius 3 is 2.84 bits per heavy atom. The third-order valence-corrected chi connectivity index (χ3v) is 4.51. The predicted octanol–water partition coefficient (Wildman–Crippen LogP) is 2.81. The summed E-state index contributed by atoms with van der Waals surface area (Å²) in [6.45, 7) is 7.52. The van der Waals surface area contributed by atoms with E-state index in [2.05, 4.69) is 35.6 Å². The van der Waals surface area contributed by atoms with Gasteiger partial charge in [-0.25, -0.2) is 4.98 Å². The SMILES string of the molecule is CCC1(CC)CC(NC(C)c2nccn2C)CCO1. The van der Waals surface area contributed by atoms with Gasteiger partial charge in [-0.15, -0.1) is 0 Å². The van der Waals surface area contributed by atoms with E-state index in [-0.39, 0.29) is 11.6 Å². The summed E-state index contributed by atoms with van der Waals surface area (Å²) in [7, 11) is 2.05. The summed E-state index contributed by atoms with van der Waals surface area (Å²) in [5, 5.41) is 3.72. The van der Waals surface area contributed by atoms with E-state index in [1.54, 1.807) is 0 Å². The minimum Gasteiger partial charge on any atom is -0.375 e. The minimum atomic E-state index is 0.0806. The van der Waals surface area contributed by atoms with Crippen molar-refractivity contribution >= 4 is 0 Å². The highest BCUT2D eigenvalue weighted by Gasteiger charge is 2.35. The van der Waals surface area contributed by atoms with Crippen LogP contribution in [-0.4, -0.2) is 27.8 Å². The van der Waals surface area contributed by atoms with Crippen molar-refractivity contribution in [3.8, 4) is 0 Å². The van der Waals surface area contributed by atoms with Gasteiger partial charge in [-0.05, 0) is 32.6 Å². The van der Waals surface area contributed by atoms with Crippen LogP contribution in [0.15, 0.2) is 12.4 Å². The molecule has 1 aromatic heterocycles. The molecule has 1 aliphatic rings. The van der Waals surface area contributed by atoms with Crippen LogP contribution < -0.4 is 5.32 Å². The summed E-state index contributed by atoms with van der Waals surface area (Å²) in [5.41, 5.74) is 0.0806. The number of rotatable bonds is 5. The van der Waals surface area contributed by atoms with E-state index in [9.17, 15) is 0 Å². The third-order valence-electron chi connectivity index (χ3n) is 4.51. The molecule has 19 heavy (non-hydrogen) atoms. The van der Waals surface area contributed by atoms with Crippen LogP contribution in [-0.2, 0) is 11.8 Å². The van der Waals surface area contributed by atoms with Gasteiger partial charge in [0.2, 0.25) is 0 Å². The van der Waals surface area contributed by atoms with Crippen LogP contribution >= 0.6 is 0 Å². The number of nitrogens with one attached hydrogen (secondary N) is 1. The van der Waals surface area contributed by atoms with E-state index < -0.39 is 0 Å². The molecule has 108 valence electrons. The Morgan fingerprint density at radius 1 is 1.53 bits per heavy atom. The maximum Gasteiger partial charge on any atom is 0.125 e. The van der Waals surface area contributed by atoms with Crippen molar-refractivity contribution in [2.24, 2.45) is 7.05 Å². The number of imidazole rings is 1. The molecule has 4 heteroatoms. The second-order valence-electron chi connectivity index (χ2n) is 5.71. The van der Waals surface area contributed by atoms with E-state index in [4.69, 9.17) is 4.74 Å². The number of aryl methyl sites for hydroxylation is 1. The summed E-state index contributed by atoms with van der Waals surface area (Å²) >= 11 is 0.